The van der Waals surface area contributed by atoms with Crippen molar-refractivity contribution in [3.05, 3.63) is 30.1 Å². The number of carbonyl (C=O) groups excluding carboxylic acids is 1. The number of H-pyrrole nitrogens is 1. The number of aliphatic hydroxyl groups excluding tert-OH is 1. The van der Waals surface area contributed by atoms with Gasteiger partial charge in [-0.2, -0.15) is 0 Å². The van der Waals surface area contributed by atoms with Crippen LogP contribution in [0.15, 0.2) is 24.5 Å². The van der Waals surface area contributed by atoms with Crippen LogP contribution in [-0.4, -0.2) is 33.6 Å². The van der Waals surface area contributed by atoms with Crippen LogP contribution in [0.5, 0.6) is 0 Å². The van der Waals surface area contributed by atoms with E-state index in [4.69, 9.17) is 0 Å². The Morgan fingerprint density at radius 1 is 1.33 bits per heavy atom. The molecule has 0 radical (unpaired) electrons. The number of benzene rings is 1. The second kappa shape index (κ2) is 6.26. The zero-order valence-electron chi connectivity index (χ0n) is 12.0. The van der Waals surface area contributed by atoms with Gasteiger partial charge in [0.05, 0.1) is 23.5 Å². The molecule has 0 atom stereocenters. The minimum atomic E-state index is -0.114. The Hall–Kier alpha value is -1.88. The first kappa shape index (κ1) is 14.1. The molecule has 0 aliphatic heterocycles. The Balaban J connectivity index is 1.49. The third kappa shape index (κ3) is 3.42. The lowest BCUT2D eigenvalue weighted by Crippen LogP contribution is -2.27. The average Bonchev–Trinajstić information content (AvgIpc) is 2.96. The van der Waals surface area contributed by atoms with E-state index in [9.17, 15) is 9.90 Å². The highest BCUT2D eigenvalue weighted by molar-refractivity contribution is 5.97. The van der Waals surface area contributed by atoms with Crippen molar-refractivity contribution in [3.8, 4) is 0 Å². The Morgan fingerprint density at radius 3 is 2.95 bits per heavy atom. The molecular weight excluding hydrogens is 266 g/mol. The van der Waals surface area contributed by atoms with E-state index in [-0.39, 0.29) is 12.0 Å². The second-order valence-electron chi connectivity index (χ2n) is 5.85. The van der Waals surface area contributed by atoms with Gasteiger partial charge in [-0.25, -0.2) is 4.98 Å². The lowest BCUT2D eigenvalue weighted by atomic mass is 9.85. The Kier molecular flexibility index (Phi) is 4.20. The molecular formula is C16H21N3O2. The van der Waals surface area contributed by atoms with Crippen molar-refractivity contribution in [1.29, 1.82) is 0 Å². The molecule has 1 heterocycles. The molecule has 21 heavy (non-hydrogen) atoms. The smallest absolute Gasteiger partial charge is 0.251 e. The first-order chi connectivity index (χ1) is 10.2. The van der Waals surface area contributed by atoms with Gasteiger partial charge in [-0.15, -0.1) is 0 Å². The van der Waals surface area contributed by atoms with Crippen LogP contribution < -0.4 is 5.32 Å². The number of nitrogens with one attached hydrogen (secondary N) is 2. The monoisotopic (exact) mass is 287 g/mol. The number of fused-ring (bicyclic) bond motifs is 1. The third-order valence-corrected chi connectivity index (χ3v) is 4.34. The Labute approximate surface area is 123 Å². The fourth-order valence-electron chi connectivity index (χ4n) is 3.00. The molecule has 3 N–H and O–H groups in total. The van der Waals surface area contributed by atoms with Crippen LogP contribution in [0.25, 0.3) is 11.0 Å². The zero-order valence-corrected chi connectivity index (χ0v) is 12.0. The van der Waals surface area contributed by atoms with Gasteiger partial charge < -0.3 is 15.4 Å². The van der Waals surface area contributed by atoms with Gasteiger partial charge in [-0.05, 0) is 56.2 Å². The average molecular weight is 287 g/mol. The minimum absolute atomic E-state index is 0.0395. The Morgan fingerprint density at radius 2 is 2.14 bits per heavy atom. The number of hydrogen-bond acceptors (Lipinski definition) is 3. The molecule has 2 aromatic rings. The van der Waals surface area contributed by atoms with Crippen molar-refractivity contribution in [3.63, 3.8) is 0 Å². The van der Waals surface area contributed by atoms with Crippen LogP contribution in [0.1, 0.15) is 42.5 Å². The summed E-state index contributed by atoms with van der Waals surface area (Å²) in [4.78, 5) is 19.3. The molecule has 0 bridgehead atoms. The van der Waals surface area contributed by atoms with E-state index in [0.717, 1.165) is 43.1 Å². The van der Waals surface area contributed by atoms with Crippen molar-refractivity contribution in [2.45, 2.75) is 38.2 Å². The van der Waals surface area contributed by atoms with E-state index in [2.05, 4.69) is 15.3 Å². The maximum atomic E-state index is 12.1. The van der Waals surface area contributed by atoms with E-state index >= 15 is 0 Å². The normalized spacial score (nSPS) is 22.3. The van der Waals surface area contributed by atoms with Gasteiger partial charge in [0, 0.05) is 12.1 Å². The summed E-state index contributed by atoms with van der Waals surface area (Å²) in [6.45, 7) is 0.695. The van der Waals surface area contributed by atoms with E-state index in [1.807, 2.05) is 12.1 Å². The first-order valence-corrected chi connectivity index (χ1v) is 7.62. The predicted molar refractivity (Wildman–Crippen MR) is 81.0 cm³/mol. The number of aromatic amines is 1. The molecule has 112 valence electrons. The van der Waals surface area contributed by atoms with Crippen LogP contribution >= 0.6 is 0 Å². The molecule has 0 spiro atoms. The number of aromatic nitrogens is 2. The standard InChI is InChI=1S/C16H21N3O2/c20-13-4-1-11(2-5-13)7-8-17-16(21)12-3-6-14-15(9-12)19-10-18-14/h3,6,9-11,13,20H,1-2,4-5,7-8H2,(H,17,21)(H,18,19). The SMILES string of the molecule is O=C(NCCC1CCC(O)CC1)c1ccc2nc[nH]c2c1. The number of hydrogen-bond donors (Lipinski definition) is 3. The molecule has 1 fully saturated rings. The van der Waals surface area contributed by atoms with Crippen LogP contribution in [0, 0.1) is 5.92 Å². The first-order valence-electron chi connectivity index (χ1n) is 7.62. The lowest BCUT2D eigenvalue weighted by Gasteiger charge is -2.25. The highest BCUT2D eigenvalue weighted by Gasteiger charge is 2.19. The molecule has 5 nitrogen and oxygen atoms in total. The molecule has 5 heteroatoms. The highest BCUT2D eigenvalue weighted by Crippen LogP contribution is 2.26. The van der Waals surface area contributed by atoms with E-state index in [0.29, 0.717) is 18.0 Å². The maximum absolute atomic E-state index is 12.1. The second-order valence-corrected chi connectivity index (χ2v) is 5.85. The van der Waals surface area contributed by atoms with Gasteiger partial charge in [0.2, 0.25) is 0 Å². The number of carbonyl (C=O) groups is 1. The van der Waals surface area contributed by atoms with Crippen LogP contribution in [0.3, 0.4) is 0 Å². The summed E-state index contributed by atoms with van der Waals surface area (Å²) in [7, 11) is 0. The van der Waals surface area contributed by atoms with Crippen molar-refractivity contribution < 1.29 is 9.90 Å². The minimum Gasteiger partial charge on any atom is -0.393 e. The summed E-state index contributed by atoms with van der Waals surface area (Å²) in [5.41, 5.74) is 2.40. The Bertz CT molecular complexity index is 615. The quantitative estimate of drug-likeness (QED) is 0.807. The van der Waals surface area contributed by atoms with Gasteiger partial charge in [0.15, 0.2) is 0 Å². The maximum Gasteiger partial charge on any atom is 0.251 e. The van der Waals surface area contributed by atoms with E-state index in [1.54, 1.807) is 12.4 Å². The van der Waals surface area contributed by atoms with Crippen molar-refractivity contribution >= 4 is 16.9 Å². The van der Waals surface area contributed by atoms with Crippen LogP contribution in [0.4, 0.5) is 0 Å². The topological polar surface area (TPSA) is 78.0 Å². The fourth-order valence-corrected chi connectivity index (χ4v) is 3.00. The van der Waals surface area contributed by atoms with Gasteiger partial charge in [0.1, 0.15) is 0 Å². The number of rotatable bonds is 4. The van der Waals surface area contributed by atoms with Gasteiger partial charge in [-0.1, -0.05) is 0 Å². The fraction of sp³-hybridized carbons (Fsp3) is 0.500. The molecule has 1 saturated carbocycles. The number of aliphatic hydroxyl groups is 1. The number of amides is 1. The highest BCUT2D eigenvalue weighted by atomic mass is 16.3. The van der Waals surface area contributed by atoms with Crippen molar-refractivity contribution in [2.24, 2.45) is 5.92 Å². The third-order valence-electron chi connectivity index (χ3n) is 4.34. The summed E-state index contributed by atoms with van der Waals surface area (Å²) in [6, 6.07) is 5.48. The molecule has 3 rings (SSSR count). The molecule has 1 aliphatic carbocycles. The summed E-state index contributed by atoms with van der Waals surface area (Å²) >= 11 is 0. The van der Waals surface area contributed by atoms with E-state index in [1.165, 1.54) is 0 Å². The molecule has 1 amide bonds. The molecule has 1 aromatic heterocycles. The van der Waals surface area contributed by atoms with Gasteiger partial charge in [-0.3, -0.25) is 4.79 Å². The van der Waals surface area contributed by atoms with Crippen LogP contribution in [-0.2, 0) is 0 Å². The van der Waals surface area contributed by atoms with Crippen LogP contribution in [0.2, 0.25) is 0 Å². The van der Waals surface area contributed by atoms with E-state index < -0.39 is 0 Å². The summed E-state index contributed by atoms with van der Waals surface area (Å²) in [5.74, 6) is 0.589. The lowest BCUT2D eigenvalue weighted by molar-refractivity contribution is 0.0932. The number of nitrogens with zero attached hydrogens (tertiary/aromatic N) is 1. The molecule has 1 aromatic carbocycles. The molecule has 1 aliphatic rings. The van der Waals surface area contributed by atoms with Gasteiger partial charge in [0.25, 0.3) is 5.91 Å². The largest absolute Gasteiger partial charge is 0.393 e. The summed E-state index contributed by atoms with van der Waals surface area (Å²) in [6.07, 6.45) is 6.43. The summed E-state index contributed by atoms with van der Waals surface area (Å²) < 4.78 is 0. The van der Waals surface area contributed by atoms with Crippen molar-refractivity contribution in [2.75, 3.05) is 6.54 Å². The predicted octanol–water partition coefficient (Wildman–Crippen LogP) is 2.23. The number of imidazole rings is 1. The zero-order chi connectivity index (χ0) is 14.7. The molecule has 0 unspecified atom stereocenters. The van der Waals surface area contributed by atoms with Gasteiger partial charge >= 0.3 is 0 Å². The molecule has 0 saturated heterocycles. The summed E-state index contributed by atoms with van der Waals surface area (Å²) in [5, 5.41) is 12.5. The van der Waals surface area contributed by atoms with Crippen molar-refractivity contribution in [1.82, 2.24) is 15.3 Å².